The van der Waals surface area contributed by atoms with Crippen molar-refractivity contribution >= 4 is 17.7 Å². The zero-order valence-corrected chi connectivity index (χ0v) is 15.8. The number of nitrogens with one attached hydrogen (secondary N) is 1. The molecule has 24 heavy (non-hydrogen) atoms. The van der Waals surface area contributed by atoms with E-state index in [1.807, 2.05) is 25.1 Å². The van der Waals surface area contributed by atoms with E-state index in [2.05, 4.69) is 62.5 Å². The lowest BCUT2D eigenvalue weighted by Crippen LogP contribution is -2.28. The van der Waals surface area contributed by atoms with E-state index in [0.717, 1.165) is 11.3 Å². The lowest BCUT2D eigenvalue weighted by molar-refractivity contribution is -0.119. The highest BCUT2D eigenvalue weighted by atomic mass is 32.2. The number of amides is 1. The van der Waals surface area contributed by atoms with Crippen molar-refractivity contribution in [2.24, 2.45) is 0 Å². The second-order valence-electron chi connectivity index (χ2n) is 7.14. The third kappa shape index (κ3) is 5.72. The van der Waals surface area contributed by atoms with Gasteiger partial charge in [0.15, 0.2) is 0 Å². The third-order valence-corrected chi connectivity index (χ3v) is 5.00. The van der Waals surface area contributed by atoms with Crippen LogP contribution < -0.4 is 5.32 Å². The number of benzene rings is 2. The number of carbonyl (C=O) groups excluding carboxylic acids is 1. The summed E-state index contributed by atoms with van der Waals surface area (Å²) in [4.78, 5) is 12.1. The summed E-state index contributed by atoms with van der Waals surface area (Å²) in [6.07, 6.45) is 0. The molecule has 0 aliphatic rings. The molecular weight excluding hydrogens is 314 g/mol. The molecule has 2 rings (SSSR count). The van der Waals surface area contributed by atoms with Gasteiger partial charge in [0.25, 0.3) is 0 Å². The fraction of sp³-hybridized carbons (Fsp3) is 0.381. The van der Waals surface area contributed by atoms with E-state index in [-0.39, 0.29) is 17.4 Å². The Morgan fingerprint density at radius 3 is 2.25 bits per heavy atom. The quantitative estimate of drug-likeness (QED) is 0.792. The predicted octanol–water partition coefficient (Wildman–Crippen LogP) is 5.09. The molecule has 0 fully saturated rings. The second-order valence-corrected chi connectivity index (χ2v) is 8.13. The number of carbonyl (C=O) groups is 1. The molecule has 1 atom stereocenters. The van der Waals surface area contributed by atoms with Gasteiger partial charge in [-0.05, 0) is 29.0 Å². The van der Waals surface area contributed by atoms with Crippen LogP contribution >= 0.6 is 11.8 Å². The van der Waals surface area contributed by atoms with E-state index >= 15 is 0 Å². The summed E-state index contributed by atoms with van der Waals surface area (Å²) in [7, 11) is 0. The monoisotopic (exact) mass is 341 g/mol. The Bertz CT molecular complexity index is 644. The van der Waals surface area contributed by atoms with E-state index in [1.165, 1.54) is 11.1 Å². The van der Waals surface area contributed by atoms with Crippen LogP contribution in [-0.2, 0) is 16.0 Å². The molecule has 2 aromatic carbocycles. The van der Waals surface area contributed by atoms with Gasteiger partial charge in [0.05, 0.1) is 11.8 Å². The van der Waals surface area contributed by atoms with Crippen molar-refractivity contribution < 1.29 is 4.79 Å². The molecule has 128 valence electrons. The lowest BCUT2D eigenvalue weighted by Gasteiger charge is -2.20. The van der Waals surface area contributed by atoms with Crippen LogP contribution in [0.5, 0.6) is 0 Å². The Labute approximate surface area is 150 Å². The highest BCUT2D eigenvalue weighted by molar-refractivity contribution is 7.99. The van der Waals surface area contributed by atoms with Crippen LogP contribution in [0.15, 0.2) is 54.6 Å². The number of hydrogen-bond acceptors (Lipinski definition) is 2. The Morgan fingerprint density at radius 1 is 1.04 bits per heavy atom. The molecule has 0 unspecified atom stereocenters. The van der Waals surface area contributed by atoms with Crippen molar-refractivity contribution in [2.45, 2.75) is 44.9 Å². The first-order valence-corrected chi connectivity index (χ1v) is 9.53. The smallest absolute Gasteiger partial charge is 0.230 e. The third-order valence-electron chi connectivity index (χ3n) is 4.00. The van der Waals surface area contributed by atoms with E-state index in [0.29, 0.717) is 5.75 Å². The Kier molecular flexibility index (Phi) is 6.50. The molecule has 0 spiro atoms. The average Bonchev–Trinajstić information content (AvgIpc) is 2.55. The summed E-state index contributed by atoms with van der Waals surface area (Å²) in [5.74, 6) is 1.44. The van der Waals surface area contributed by atoms with E-state index in [9.17, 15) is 4.79 Å². The van der Waals surface area contributed by atoms with Crippen LogP contribution in [0.3, 0.4) is 0 Å². The summed E-state index contributed by atoms with van der Waals surface area (Å²) in [5.41, 5.74) is 3.85. The van der Waals surface area contributed by atoms with Crippen LogP contribution in [0.1, 0.15) is 50.4 Å². The highest BCUT2D eigenvalue weighted by Crippen LogP contribution is 2.24. The maximum Gasteiger partial charge on any atom is 0.230 e. The van der Waals surface area contributed by atoms with Crippen molar-refractivity contribution in [2.75, 3.05) is 5.75 Å². The topological polar surface area (TPSA) is 29.1 Å². The number of rotatable bonds is 6. The standard InChI is InChI=1S/C21H27NOS/c1-16(18-10-12-19(13-11-18)21(2,3)4)22-20(23)15-24-14-17-8-6-5-7-9-17/h5-13,16H,14-15H2,1-4H3,(H,22,23)/t16-/m1/s1. The van der Waals surface area contributed by atoms with Gasteiger partial charge in [-0.2, -0.15) is 0 Å². The normalized spacial score (nSPS) is 12.7. The molecule has 2 nitrogen and oxygen atoms in total. The molecule has 0 heterocycles. The molecule has 1 N–H and O–H groups in total. The van der Waals surface area contributed by atoms with Crippen molar-refractivity contribution in [1.82, 2.24) is 5.32 Å². The van der Waals surface area contributed by atoms with Gasteiger partial charge in [-0.3, -0.25) is 4.79 Å². The number of hydrogen-bond donors (Lipinski definition) is 1. The predicted molar refractivity (Wildman–Crippen MR) is 104 cm³/mol. The van der Waals surface area contributed by atoms with Crippen molar-refractivity contribution in [1.29, 1.82) is 0 Å². The van der Waals surface area contributed by atoms with E-state index in [4.69, 9.17) is 0 Å². The molecule has 0 bridgehead atoms. The van der Waals surface area contributed by atoms with Crippen LogP contribution in [-0.4, -0.2) is 11.7 Å². The van der Waals surface area contributed by atoms with Crippen LogP contribution in [0.2, 0.25) is 0 Å². The van der Waals surface area contributed by atoms with Crippen LogP contribution in [0, 0.1) is 0 Å². The van der Waals surface area contributed by atoms with Gasteiger partial charge in [-0.15, -0.1) is 11.8 Å². The first-order valence-electron chi connectivity index (χ1n) is 8.38. The number of thioether (sulfide) groups is 1. The minimum Gasteiger partial charge on any atom is -0.349 e. The molecule has 2 aromatic rings. The maximum atomic E-state index is 12.1. The summed E-state index contributed by atoms with van der Waals surface area (Å²) in [6.45, 7) is 8.65. The largest absolute Gasteiger partial charge is 0.349 e. The first kappa shape index (κ1) is 18.6. The van der Waals surface area contributed by atoms with Crippen LogP contribution in [0.4, 0.5) is 0 Å². The van der Waals surface area contributed by atoms with Crippen molar-refractivity contribution in [3.63, 3.8) is 0 Å². The molecule has 0 aromatic heterocycles. The van der Waals surface area contributed by atoms with Gasteiger partial charge in [-0.25, -0.2) is 0 Å². The Morgan fingerprint density at radius 2 is 1.67 bits per heavy atom. The van der Waals surface area contributed by atoms with Gasteiger partial charge < -0.3 is 5.32 Å². The van der Waals surface area contributed by atoms with E-state index < -0.39 is 0 Å². The van der Waals surface area contributed by atoms with Gasteiger partial charge in [0.1, 0.15) is 0 Å². The van der Waals surface area contributed by atoms with Gasteiger partial charge in [0, 0.05) is 5.75 Å². The fourth-order valence-corrected chi connectivity index (χ4v) is 3.27. The molecule has 1 amide bonds. The van der Waals surface area contributed by atoms with E-state index in [1.54, 1.807) is 11.8 Å². The zero-order valence-electron chi connectivity index (χ0n) is 15.0. The molecule has 3 heteroatoms. The first-order chi connectivity index (χ1) is 11.4. The minimum atomic E-state index is 0.0313. The molecule has 0 saturated heterocycles. The molecule has 0 saturated carbocycles. The maximum absolute atomic E-state index is 12.1. The fourth-order valence-electron chi connectivity index (χ4n) is 2.47. The van der Waals surface area contributed by atoms with Gasteiger partial charge in [-0.1, -0.05) is 75.4 Å². The Hall–Kier alpha value is -1.74. The van der Waals surface area contributed by atoms with Crippen LogP contribution in [0.25, 0.3) is 0 Å². The van der Waals surface area contributed by atoms with Crippen molar-refractivity contribution in [3.8, 4) is 0 Å². The lowest BCUT2D eigenvalue weighted by atomic mass is 9.86. The van der Waals surface area contributed by atoms with Crippen molar-refractivity contribution in [3.05, 3.63) is 71.3 Å². The van der Waals surface area contributed by atoms with Gasteiger partial charge in [0.2, 0.25) is 5.91 Å². The molecule has 0 aliphatic heterocycles. The minimum absolute atomic E-state index is 0.0313. The zero-order chi connectivity index (χ0) is 17.6. The summed E-state index contributed by atoms with van der Waals surface area (Å²) >= 11 is 1.65. The molecular formula is C21H27NOS. The second kappa shape index (κ2) is 8.39. The summed E-state index contributed by atoms with van der Waals surface area (Å²) < 4.78 is 0. The summed E-state index contributed by atoms with van der Waals surface area (Å²) in [5, 5.41) is 3.08. The molecule has 0 aliphatic carbocycles. The SMILES string of the molecule is C[C@@H](NC(=O)CSCc1ccccc1)c1ccc(C(C)(C)C)cc1. The highest BCUT2D eigenvalue weighted by Gasteiger charge is 2.14. The summed E-state index contributed by atoms with van der Waals surface area (Å²) in [6, 6.07) is 18.8. The Balaban J connectivity index is 1.80. The average molecular weight is 342 g/mol. The van der Waals surface area contributed by atoms with Gasteiger partial charge >= 0.3 is 0 Å². The molecule has 0 radical (unpaired) electrons.